The number of nitrogens with one attached hydrogen (secondary N) is 1. The molecule has 3 N–H and O–H groups in total. The van der Waals surface area contributed by atoms with Crippen LogP contribution in [0.1, 0.15) is 49.4 Å². The lowest BCUT2D eigenvalue weighted by Gasteiger charge is -2.17. The molecule has 1 amide bonds. The zero-order valence-electron chi connectivity index (χ0n) is 20.2. The number of hydrogen-bond acceptors (Lipinski definition) is 5. The van der Waals surface area contributed by atoms with Gasteiger partial charge in [0.15, 0.2) is 5.78 Å². The van der Waals surface area contributed by atoms with Crippen LogP contribution in [0, 0.1) is 18.8 Å². The smallest absolute Gasteiger partial charge is 0.223 e. The molecule has 1 fully saturated rings. The number of aromatic nitrogens is 1. The van der Waals surface area contributed by atoms with E-state index in [0.29, 0.717) is 24.6 Å². The molecule has 0 spiro atoms. The zero-order chi connectivity index (χ0) is 24.9. The van der Waals surface area contributed by atoms with Gasteiger partial charge in [-0.15, -0.1) is 11.3 Å². The second-order valence-electron chi connectivity index (χ2n) is 9.52. The molecule has 2 heterocycles. The van der Waals surface area contributed by atoms with Gasteiger partial charge in [-0.25, -0.2) is 4.98 Å². The number of pyridine rings is 1. The molecule has 0 radical (unpaired) electrons. The number of thiophene rings is 1. The number of hydrogen-bond donors (Lipinski definition) is 2. The van der Waals surface area contributed by atoms with E-state index in [1.54, 1.807) is 24.3 Å². The molecular weight excluding hydrogens is 478 g/mol. The maximum atomic E-state index is 12.9. The second-order valence-corrected chi connectivity index (χ2v) is 11.2. The van der Waals surface area contributed by atoms with Gasteiger partial charge >= 0.3 is 0 Å². The molecule has 1 aromatic carbocycles. The van der Waals surface area contributed by atoms with Crippen molar-refractivity contribution in [3.05, 3.63) is 69.7 Å². The highest BCUT2D eigenvalue weighted by atomic mass is 35.5. The van der Waals surface area contributed by atoms with E-state index in [2.05, 4.69) is 40.6 Å². The average Bonchev–Trinajstić information content (AvgIpc) is 3.48. The van der Waals surface area contributed by atoms with E-state index in [9.17, 15) is 9.59 Å². The van der Waals surface area contributed by atoms with E-state index >= 15 is 0 Å². The molecule has 2 aromatic heterocycles. The third-order valence-electron chi connectivity index (χ3n) is 6.98. The molecular formula is C28H32ClN3O2S. The quantitative estimate of drug-likeness (QED) is 0.369. The van der Waals surface area contributed by atoms with E-state index in [1.807, 2.05) is 19.1 Å². The van der Waals surface area contributed by atoms with Crippen LogP contribution in [0.3, 0.4) is 0 Å². The van der Waals surface area contributed by atoms with E-state index in [-0.39, 0.29) is 17.6 Å². The highest BCUT2D eigenvalue weighted by Gasteiger charge is 2.31. The molecule has 0 unspecified atom stereocenters. The van der Waals surface area contributed by atoms with Crippen LogP contribution in [-0.2, 0) is 22.4 Å². The summed E-state index contributed by atoms with van der Waals surface area (Å²) >= 11 is 7.75. The van der Waals surface area contributed by atoms with E-state index in [0.717, 1.165) is 41.3 Å². The summed E-state index contributed by atoms with van der Waals surface area (Å²) in [5.74, 6) is 0.925. The Morgan fingerprint density at radius 2 is 1.94 bits per heavy atom. The summed E-state index contributed by atoms with van der Waals surface area (Å²) in [5.41, 5.74) is 10.1. The summed E-state index contributed by atoms with van der Waals surface area (Å²) in [6.07, 6.45) is 4.63. The second kappa shape index (κ2) is 11.4. The van der Waals surface area contributed by atoms with Crippen molar-refractivity contribution in [2.45, 2.75) is 58.4 Å². The number of carbonyl (C=O) groups excluding carboxylic acids is 2. The number of anilines is 1. The molecule has 0 saturated heterocycles. The Labute approximate surface area is 216 Å². The van der Waals surface area contributed by atoms with Gasteiger partial charge < -0.3 is 11.1 Å². The first-order chi connectivity index (χ1) is 16.8. The van der Waals surface area contributed by atoms with Gasteiger partial charge in [0, 0.05) is 22.9 Å². The van der Waals surface area contributed by atoms with E-state index in [4.69, 9.17) is 17.3 Å². The Morgan fingerprint density at radius 1 is 1.14 bits per heavy atom. The SMILES string of the molecule is Cc1nc(N)ccc1CCC(=O)[C@H](C)NC(=O)[C@@H]1CC[C@@H](Cc2ccccc2-c2ccc(Cl)s2)C1. The van der Waals surface area contributed by atoms with Crippen LogP contribution in [0.15, 0.2) is 48.5 Å². The van der Waals surface area contributed by atoms with Gasteiger partial charge in [0.1, 0.15) is 5.82 Å². The number of amides is 1. The van der Waals surface area contributed by atoms with Crippen LogP contribution in [0.5, 0.6) is 0 Å². The van der Waals surface area contributed by atoms with Crippen molar-refractivity contribution in [1.82, 2.24) is 10.3 Å². The normalized spacial score (nSPS) is 18.4. The van der Waals surface area contributed by atoms with Crippen molar-refractivity contribution in [2.75, 3.05) is 5.73 Å². The van der Waals surface area contributed by atoms with Crippen LogP contribution < -0.4 is 11.1 Å². The first-order valence-corrected chi connectivity index (χ1v) is 13.4. The molecule has 0 aliphatic heterocycles. The molecule has 1 aliphatic rings. The molecule has 3 aromatic rings. The van der Waals surface area contributed by atoms with Crippen LogP contribution in [0.4, 0.5) is 5.82 Å². The lowest BCUT2D eigenvalue weighted by atomic mass is 9.93. The summed E-state index contributed by atoms with van der Waals surface area (Å²) in [4.78, 5) is 31.0. The molecule has 1 aliphatic carbocycles. The highest BCUT2D eigenvalue weighted by molar-refractivity contribution is 7.19. The predicted octanol–water partition coefficient (Wildman–Crippen LogP) is 6.02. The lowest BCUT2D eigenvalue weighted by molar-refractivity contribution is -0.129. The van der Waals surface area contributed by atoms with Gasteiger partial charge in [-0.05, 0) is 86.8 Å². The molecule has 184 valence electrons. The van der Waals surface area contributed by atoms with E-state index < -0.39 is 6.04 Å². The number of Topliss-reactive ketones (excluding diaryl/α,β-unsaturated/α-hetero) is 1. The van der Waals surface area contributed by atoms with Gasteiger partial charge in [0.2, 0.25) is 5.91 Å². The topological polar surface area (TPSA) is 85.1 Å². The zero-order valence-corrected chi connectivity index (χ0v) is 21.8. The van der Waals surface area contributed by atoms with Crippen molar-refractivity contribution in [3.8, 4) is 10.4 Å². The minimum atomic E-state index is -0.493. The standard InChI is InChI=1S/C28H32ClN3O2S/c1-17-20(10-14-27(30)31-17)9-11-24(33)18(2)32-28(34)22-8-7-19(16-22)15-21-5-3-4-6-23(21)25-12-13-26(29)35-25/h3-6,10,12-14,18-19,22H,7-9,11,15-16H2,1-2H3,(H2,30,31)(H,32,34)/t18-,19-,22+/m0/s1. The van der Waals surface area contributed by atoms with E-state index in [1.165, 1.54) is 16.0 Å². The Balaban J connectivity index is 1.28. The summed E-state index contributed by atoms with van der Waals surface area (Å²) in [7, 11) is 0. The van der Waals surface area contributed by atoms with Crippen molar-refractivity contribution in [1.29, 1.82) is 0 Å². The number of nitrogens with two attached hydrogens (primary N) is 1. The number of nitrogen functional groups attached to an aromatic ring is 1. The Bertz CT molecular complexity index is 1210. The lowest BCUT2D eigenvalue weighted by Crippen LogP contribution is -2.41. The summed E-state index contributed by atoms with van der Waals surface area (Å²) < 4.78 is 0.788. The minimum Gasteiger partial charge on any atom is -0.384 e. The van der Waals surface area contributed by atoms with Crippen molar-refractivity contribution >= 4 is 40.4 Å². The van der Waals surface area contributed by atoms with Crippen molar-refractivity contribution < 1.29 is 9.59 Å². The first kappa shape index (κ1) is 25.4. The summed E-state index contributed by atoms with van der Waals surface area (Å²) in [6, 6.07) is 15.6. The van der Waals surface area contributed by atoms with Crippen LogP contribution >= 0.6 is 22.9 Å². The van der Waals surface area contributed by atoms with Crippen LogP contribution in [0.2, 0.25) is 4.34 Å². The molecule has 4 rings (SSSR count). The van der Waals surface area contributed by atoms with Gasteiger partial charge in [-0.3, -0.25) is 9.59 Å². The Kier molecular flexibility index (Phi) is 8.24. The third-order valence-corrected chi connectivity index (χ3v) is 8.24. The van der Waals surface area contributed by atoms with Crippen LogP contribution in [-0.4, -0.2) is 22.7 Å². The molecule has 1 saturated carbocycles. The molecule has 5 nitrogen and oxygen atoms in total. The van der Waals surface area contributed by atoms with Crippen molar-refractivity contribution in [3.63, 3.8) is 0 Å². The predicted molar refractivity (Wildman–Crippen MR) is 144 cm³/mol. The fourth-order valence-corrected chi connectivity index (χ4v) is 6.07. The molecule has 0 bridgehead atoms. The largest absolute Gasteiger partial charge is 0.384 e. The number of carbonyl (C=O) groups is 2. The maximum Gasteiger partial charge on any atom is 0.223 e. The molecule has 3 atom stereocenters. The maximum absolute atomic E-state index is 12.9. The molecule has 7 heteroatoms. The fourth-order valence-electron chi connectivity index (χ4n) is 4.97. The summed E-state index contributed by atoms with van der Waals surface area (Å²) in [5, 5.41) is 2.97. The van der Waals surface area contributed by atoms with Gasteiger partial charge in [-0.2, -0.15) is 0 Å². The summed E-state index contributed by atoms with van der Waals surface area (Å²) in [6.45, 7) is 3.68. The fraction of sp³-hybridized carbons (Fsp3) is 0.393. The number of ketones is 1. The van der Waals surface area contributed by atoms with Crippen molar-refractivity contribution in [2.24, 2.45) is 11.8 Å². The Hall–Kier alpha value is -2.70. The van der Waals surface area contributed by atoms with Gasteiger partial charge in [0.05, 0.1) is 10.4 Å². The number of nitrogens with zero attached hydrogens (tertiary/aromatic N) is 1. The number of rotatable bonds is 9. The number of halogens is 1. The third kappa shape index (κ3) is 6.50. The number of aryl methyl sites for hydroxylation is 2. The number of benzene rings is 1. The average molecular weight is 510 g/mol. The first-order valence-electron chi connectivity index (χ1n) is 12.2. The van der Waals surface area contributed by atoms with Gasteiger partial charge in [-0.1, -0.05) is 41.9 Å². The van der Waals surface area contributed by atoms with Gasteiger partial charge in [0.25, 0.3) is 0 Å². The monoisotopic (exact) mass is 509 g/mol. The Morgan fingerprint density at radius 3 is 2.69 bits per heavy atom. The highest BCUT2D eigenvalue weighted by Crippen LogP contribution is 2.38. The molecule has 35 heavy (non-hydrogen) atoms. The van der Waals surface area contributed by atoms with Crippen LogP contribution in [0.25, 0.3) is 10.4 Å². The minimum absolute atomic E-state index is 0.00277.